The van der Waals surface area contributed by atoms with Gasteiger partial charge in [0.1, 0.15) is 17.6 Å². The number of ether oxygens (including phenoxy) is 1. The molecule has 1 aromatic carbocycles. The second-order valence-corrected chi connectivity index (χ2v) is 10.1. The number of aliphatic carboxylic acids is 2. The van der Waals surface area contributed by atoms with E-state index in [2.05, 4.69) is 16.0 Å². The molecule has 15 nitrogen and oxygen atoms in total. The first kappa shape index (κ1) is 36.3. The van der Waals surface area contributed by atoms with Gasteiger partial charge in [0.05, 0.1) is 31.7 Å². The van der Waals surface area contributed by atoms with Crippen LogP contribution in [0.15, 0.2) is 34.7 Å². The molecule has 0 spiro atoms. The van der Waals surface area contributed by atoms with Crippen LogP contribution in [0.5, 0.6) is 5.75 Å². The van der Waals surface area contributed by atoms with Crippen LogP contribution < -0.4 is 20.7 Å². The van der Waals surface area contributed by atoms with Gasteiger partial charge in [-0.05, 0) is 50.1 Å². The number of carbonyl (C=O) groups excluding carboxylic acids is 4. The molecule has 2 rings (SSSR count). The van der Waals surface area contributed by atoms with E-state index in [1.165, 1.54) is 24.3 Å². The number of carboxylic acids is 2. The van der Waals surface area contributed by atoms with Crippen LogP contribution in [0.1, 0.15) is 80.2 Å². The van der Waals surface area contributed by atoms with Gasteiger partial charge in [-0.3, -0.25) is 29.2 Å². The Bertz CT molecular complexity index is 1340. The van der Waals surface area contributed by atoms with E-state index in [1.807, 2.05) is 6.92 Å². The van der Waals surface area contributed by atoms with Crippen molar-refractivity contribution in [3.63, 3.8) is 0 Å². The second-order valence-electron chi connectivity index (χ2n) is 10.1. The number of carboxylic acid groups (broad SMARTS) is 2. The van der Waals surface area contributed by atoms with Crippen LogP contribution in [0.2, 0.25) is 0 Å². The Labute approximate surface area is 259 Å². The van der Waals surface area contributed by atoms with Crippen molar-refractivity contribution in [1.29, 1.82) is 0 Å². The average Bonchev–Trinajstić information content (AvgIpc) is 3.50. The molecular formula is C30H40N4O11. The number of furan rings is 1. The van der Waals surface area contributed by atoms with Crippen LogP contribution in [0.3, 0.4) is 0 Å². The van der Waals surface area contributed by atoms with Crippen molar-refractivity contribution in [2.75, 3.05) is 13.3 Å². The predicted octanol–water partition coefficient (Wildman–Crippen LogP) is 2.63. The van der Waals surface area contributed by atoms with Crippen molar-refractivity contribution in [3.05, 3.63) is 41.7 Å². The highest BCUT2D eigenvalue weighted by molar-refractivity contribution is 5.99. The van der Waals surface area contributed by atoms with Gasteiger partial charge >= 0.3 is 11.9 Å². The first-order valence-corrected chi connectivity index (χ1v) is 14.6. The molecule has 1 aromatic heterocycles. The molecule has 4 amide bonds. The Balaban J connectivity index is 2.16. The van der Waals surface area contributed by atoms with Gasteiger partial charge in [-0.15, -0.1) is 0 Å². The highest BCUT2D eigenvalue weighted by Gasteiger charge is 2.31. The minimum atomic E-state index is -1.67. The van der Waals surface area contributed by atoms with Gasteiger partial charge in [-0.1, -0.05) is 33.1 Å². The standard InChI is InChI=1S/C30H40N4O11/c1-4-7-8-9-21(23(5-2)34(43)17-35)28(39)31-16-32-29(40)25-11-10-24(45-25)18-12-19(14-20(13-18)44-6-3)27(38)33-22(30(41)42)15-26(36)37/h10-14,17,21-23,43H,4-9,15-16H2,1-3H3,(H,31,39)(H,32,40)(H,33,38)(H,36,37)(H,41,42)/t21-,22-,23-/m1/s1. The fourth-order valence-corrected chi connectivity index (χ4v) is 4.63. The molecule has 1 heterocycles. The van der Waals surface area contributed by atoms with Crippen molar-refractivity contribution in [2.24, 2.45) is 5.92 Å². The van der Waals surface area contributed by atoms with Gasteiger partial charge in [-0.2, -0.15) is 0 Å². The Morgan fingerprint density at radius 1 is 1.00 bits per heavy atom. The first-order chi connectivity index (χ1) is 21.4. The number of nitrogens with one attached hydrogen (secondary N) is 3. The Morgan fingerprint density at radius 2 is 1.73 bits per heavy atom. The van der Waals surface area contributed by atoms with Gasteiger partial charge in [0.2, 0.25) is 12.3 Å². The van der Waals surface area contributed by atoms with E-state index in [0.717, 1.165) is 19.3 Å². The number of benzene rings is 1. The zero-order chi connectivity index (χ0) is 33.5. The number of amides is 4. The number of rotatable bonds is 20. The third-order valence-electron chi connectivity index (χ3n) is 6.87. The van der Waals surface area contributed by atoms with Gasteiger partial charge in [0.15, 0.2) is 5.76 Å². The maximum atomic E-state index is 12.9. The fourth-order valence-electron chi connectivity index (χ4n) is 4.63. The molecule has 15 heteroatoms. The van der Waals surface area contributed by atoms with Crippen LogP contribution in [-0.4, -0.2) is 81.9 Å². The molecule has 3 atom stereocenters. The summed E-state index contributed by atoms with van der Waals surface area (Å²) in [5.41, 5.74) is 0.278. The molecule has 45 heavy (non-hydrogen) atoms. The first-order valence-electron chi connectivity index (χ1n) is 14.6. The summed E-state index contributed by atoms with van der Waals surface area (Å²) in [7, 11) is 0. The van der Waals surface area contributed by atoms with Crippen LogP contribution in [0.4, 0.5) is 0 Å². The van der Waals surface area contributed by atoms with E-state index in [4.69, 9.17) is 14.3 Å². The number of nitrogens with zero attached hydrogens (tertiary/aromatic N) is 1. The monoisotopic (exact) mass is 632 g/mol. The van der Waals surface area contributed by atoms with Gasteiger partial charge in [-0.25, -0.2) is 9.86 Å². The molecule has 0 unspecified atom stereocenters. The zero-order valence-electron chi connectivity index (χ0n) is 25.4. The summed E-state index contributed by atoms with van der Waals surface area (Å²) in [6.07, 6.45) is 2.73. The summed E-state index contributed by atoms with van der Waals surface area (Å²) < 4.78 is 11.2. The predicted molar refractivity (Wildman–Crippen MR) is 158 cm³/mol. The third-order valence-corrected chi connectivity index (χ3v) is 6.87. The molecule has 2 aromatic rings. The van der Waals surface area contributed by atoms with Crippen LogP contribution >= 0.6 is 0 Å². The van der Waals surface area contributed by atoms with E-state index < -0.39 is 54.1 Å². The van der Waals surface area contributed by atoms with Gasteiger partial charge < -0.3 is 35.3 Å². The van der Waals surface area contributed by atoms with E-state index >= 15 is 0 Å². The van der Waals surface area contributed by atoms with Crippen molar-refractivity contribution < 1.29 is 53.3 Å². The van der Waals surface area contributed by atoms with Gasteiger partial charge in [0, 0.05) is 11.1 Å². The maximum Gasteiger partial charge on any atom is 0.326 e. The Kier molecular flexibility index (Phi) is 14.5. The zero-order valence-corrected chi connectivity index (χ0v) is 25.4. The molecule has 0 radical (unpaired) electrons. The quantitative estimate of drug-likeness (QED) is 0.0409. The summed E-state index contributed by atoms with van der Waals surface area (Å²) in [6, 6.07) is 4.71. The number of hydrogen-bond acceptors (Lipinski definition) is 9. The summed E-state index contributed by atoms with van der Waals surface area (Å²) in [5, 5.41) is 36.0. The molecule has 0 aliphatic heterocycles. The Hall–Kier alpha value is -4.92. The fraction of sp³-hybridized carbons (Fsp3) is 0.467. The SMILES string of the molecule is CCCCC[C@@H](C(=O)NCNC(=O)c1ccc(-c2cc(OCC)cc(C(=O)N[C@H](CC(=O)O)C(=O)O)c2)o1)[C@@H](CC)N(O)C=O. The largest absolute Gasteiger partial charge is 0.494 e. The lowest BCUT2D eigenvalue weighted by atomic mass is 9.90. The topological polar surface area (TPSA) is 225 Å². The lowest BCUT2D eigenvalue weighted by Crippen LogP contribution is -2.47. The summed E-state index contributed by atoms with van der Waals surface area (Å²) in [4.78, 5) is 72.1. The molecule has 0 saturated carbocycles. The number of carbonyl (C=O) groups is 6. The molecule has 0 aliphatic carbocycles. The van der Waals surface area contributed by atoms with Crippen molar-refractivity contribution >= 4 is 36.1 Å². The minimum absolute atomic E-state index is 0.0346. The van der Waals surface area contributed by atoms with Crippen molar-refractivity contribution in [1.82, 2.24) is 21.0 Å². The second kappa shape index (κ2) is 18.0. The summed E-state index contributed by atoms with van der Waals surface area (Å²) >= 11 is 0. The Morgan fingerprint density at radius 3 is 2.33 bits per heavy atom. The number of unbranched alkanes of at least 4 members (excludes halogenated alkanes) is 2. The van der Waals surface area contributed by atoms with E-state index in [1.54, 1.807) is 19.9 Å². The molecule has 6 N–H and O–H groups in total. The lowest BCUT2D eigenvalue weighted by molar-refractivity contribution is -0.168. The smallest absolute Gasteiger partial charge is 0.326 e. The third kappa shape index (κ3) is 10.9. The molecule has 0 bridgehead atoms. The van der Waals surface area contributed by atoms with Crippen molar-refractivity contribution in [2.45, 2.75) is 71.4 Å². The van der Waals surface area contributed by atoms with Crippen molar-refractivity contribution in [3.8, 4) is 17.1 Å². The van der Waals surface area contributed by atoms with Crippen LogP contribution in [0.25, 0.3) is 11.3 Å². The van der Waals surface area contributed by atoms with E-state index in [0.29, 0.717) is 23.5 Å². The lowest BCUT2D eigenvalue weighted by Gasteiger charge is -2.29. The molecule has 246 valence electrons. The normalized spacial score (nSPS) is 12.7. The molecule has 0 aliphatic rings. The highest BCUT2D eigenvalue weighted by atomic mass is 16.5. The molecule has 0 saturated heterocycles. The number of hydrogen-bond donors (Lipinski definition) is 6. The minimum Gasteiger partial charge on any atom is -0.494 e. The highest BCUT2D eigenvalue weighted by Crippen LogP contribution is 2.28. The van der Waals surface area contributed by atoms with Crippen LogP contribution in [0, 0.1) is 5.92 Å². The van der Waals surface area contributed by atoms with Crippen LogP contribution in [-0.2, 0) is 19.2 Å². The molecular weight excluding hydrogens is 592 g/mol. The van der Waals surface area contributed by atoms with E-state index in [9.17, 15) is 39.1 Å². The van der Waals surface area contributed by atoms with E-state index in [-0.39, 0.29) is 42.5 Å². The maximum absolute atomic E-state index is 12.9. The number of hydroxylamine groups is 2. The van der Waals surface area contributed by atoms with Gasteiger partial charge in [0.25, 0.3) is 11.8 Å². The molecule has 0 fully saturated rings. The average molecular weight is 633 g/mol. The summed E-state index contributed by atoms with van der Waals surface area (Å²) in [5.74, 6) is -5.28. The summed E-state index contributed by atoms with van der Waals surface area (Å²) in [6.45, 7) is 5.46.